The Morgan fingerprint density at radius 3 is 2.80 bits per heavy atom. The first-order valence-electron chi connectivity index (χ1n) is 6.21. The smallest absolute Gasteiger partial charge is 0.0723 e. The number of aromatic nitrogens is 1. The monoisotopic (exact) mass is 300 g/mol. The summed E-state index contributed by atoms with van der Waals surface area (Å²) in [6.45, 7) is 0. The molecule has 4 heteroatoms. The molecule has 0 amide bonds. The van der Waals surface area contributed by atoms with Crippen molar-refractivity contribution in [2.45, 2.75) is 4.90 Å². The normalized spacial score (nSPS) is 10.7. The molecule has 20 heavy (non-hydrogen) atoms. The number of nitrogens with zero attached hydrogens (tertiary/aromatic N) is 1. The Balaban J connectivity index is 2.06. The molecule has 2 aromatic carbocycles. The van der Waals surface area contributed by atoms with Gasteiger partial charge in [-0.25, -0.2) is 0 Å². The maximum atomic E-state index is 6.02. The number of nitrogens with one attached hydrogen (secondary N) is 1. The summed E-state index contributed by atoms with van der Waals surface area (Å²) < 4.78 is 0. The van der Waals surface area contributed by atoms with Gasteiger partial charge in [-0.1, -0.05) is 17.7 Å². The van der Waals surface area contributed by atoms with E-state index in [4.69, 9.17) is 11.6 Å². The van der Waals surface area contributed by atoms with Crippen molar-refractivity contribution in [3.63, 3.8) is 0 Å². The van der Waals surface area contributed by atoms with Gasteiger partial charge in [-0.05, 0) is 48.7 Å². The van der Waals surface area contributed by atoms with Crippen LogP contribution in [0.2, 0.25) is 5.02 Å². The van der Waals surface area contributed by atoms with Crippen molar-refractivity contribution in [3.8, 4) is 0 Å². The van der Waals surface area contributed by atoms with Gasteiger partial charge >= 0.3 is 0 Å². The van der Waals surface area contributed by atoms with Crippen LogP contribution >= 0.6 is 23.4 Å². The summed E-state index contributed by atoms with van der Waals surface area (Å²) in [5.74, 6) is 0. The lowest BCUT2D eigenvalue weighted by atomic mass is 10.2. The minimum absolute atomic E-state index is 0.721. The number of fused-ring (bicyclic) bond motifs is 1. The van der Waals surface area contributed by atoms with Gasteiger partial charge in [-0.2, -0.15) is 0 Å². The molecule has 0 aliphatic heterocycles. The number of benzene rings is 2. The van der Waals surface area contributed by atoms with Crippen molar-refractivity contribution in [2.24, 2.45) is 0 Å². The molecule has 1 N–H and O–H groups in total. The van der Waals surface area contributed by atoms with E-state index >= 15 is 0 Å². The molecule has 0 aliphatic carbocycles. The van der Waals surface area contributed by atoms with E-state index in [1.54, 1.807) is 11.8 Å². The van der Waals surface area contributed by atoms with E-state index in [-0.39, 0.29) is 0 Å². The van der Waals surface area contributed by atoms with Crippen LogP contribution in [0.3, 0.4) is 0 Å². The second-order valence-electron chi connectivity index (χ2n) is 4.38. The maximum Gasteiger partial charge on any atom is 0.0723 e. The molecule has 2 nitrogen and oxygen atoms in total. The summed E-state index contributed by atoms with van der Waals surface area (Å²) in [6, 6.07) is 16.0. The molecule has 0 bridgehead atoms. The Morgan fingerprint density at radius 2 is 2.00 bits per heavy atom. The molecule has 0 saturated carbocycles. The molecule has 0 atom stereocenters. The standard InChI is InChI=1S/C16H13ClN2S/c1-20-13-5-6-15-14(10-13)16(7-8-18-15)19-12-4-2-3-11(17)9-12/h2-10H,1H3,(H,18,19). The predicted octanol–water partition coefficient (Wildman–Crippen LogP) is 5.35. The van der Waals surface area contributed by atoms with Crippen molar-refractivity contribution >= 4 is 45.6 Å². The third kappa shape index (κ3) is 2.74. The summed E-state index contributed by atoms with van der Waals surface area (Å²) >= 11 is 7.75. The molecule has 0 radical (unpaired) electrons. The fraction of sp³-hybridized carbons (Fsp3) is 0.0625. The second-order valence-corrected chi connectivity index (χ2v) is 5.69. The summed E-state index contributed by atoms with van der Waals surface area (Å²) in [5, 5.41) is 5.24. The minimum Gasteiger partial charge on any atom is -0.355 e. The first kappa shape index (κ1) is 13.3. The highest BCUT2D eigenvalue weighted by atomic mass is 35.5. The number of rotatable bonds is 3. The Bertz CT molecular complexity index is 758. The zero-order valence-corrected chi connectivity index (χ0v) is 12.5. The van der Waals surface area contributed by atoms with E-state index in [1.165, 1.54) is 4.90 Å². The summed E-state index contributed by atoms with van der Waals surface area (Å²) in [6.07, 6.45) is 3.88. The lowest BCUT2D eigenvalue weighted by molar-refractivity contribution is 1.38. The van der Waals surface area contributed by atoms with Crippen LogP contribution in [0.25, 0.3) is 10.9 Å². The fourth-order valence-electron chi connectivity index (χ4n) is 2.08. The van der Waals surface area contributed by atoms with E-state index in [0.29, 0.717) is 0 Å². The zero-order chi connectivity index (χ0) is 13.9. The average molecular weight is 301 g/mol. The number of thioether (sulfide) groups is 1. The first-order chi connectivity index (χ1) is 9.76. The average Bonchev–Trinajstić information content (AvgIpc) is 2.47. The summed E-state index contributed by atoms with van der Waals surface area (Å²) in [5.41, 5.74) is 2.99. The molecular formula is C16H13ClN2S. The van der Waals surface area contributed by atoms with Gasteiger partial charge in [0, 0.05) is 32.9 Å². The van der Waals surface area contributed by atoms with E-state index < -0.39 is 0 Å². The molecule has 0 unspecified atom stereocenters. The topological polar surface area (TPSA) is 24.9 Å². The van der Waals surface area contributed by atoms with Gasteiger partial charge in [0.25, 0.3) is 0 Å². The van der Waals surface area contributed by atoms with E-state index in [2.05, 4.69) is 28.7 Å². The van der Waals surface area contributed by atoms with Crippen molar-refractivity contribution in [1.29, 1.82) is 0 Å². The SMILES string of the molecule is CSc1ccc2nccc(Nc3cccc(Cl)c3)c2c1. The first-order valence-corrected chi connectivity index (χ1v) is 7.82. The van der Waals surface area contributed by atoms with Gasteiger partial charge in [0.1, 0.15) is 0 Å². The molecule has 100 valence electrons. The molecule has 0 aliphatic rings. The van der Waals surface area contributed by atoms with E-state index in [0.717, 1.165) is 27.3 Å². The summed E-state index contributed by atoms with van der Waals surface area (Å²) in [7, 11) is 0. The van der Waals surface area contributed by atoms with Gasteiger partial charge in [0.2, 0.25) is 0 Å². The third-order valence-electron chi connectivity index (χ3n) is 3.05. The van der Waals surface area contributed by atoms with Crippen LogP contribution in [0.15, 0.2) is 59.6 Å². The van der Waals surface area contributed by atoms with Crippen LogP contribution in [0.5, 0.6) is 0 Å². The Morgan fingerprint density at radius 1 is 1.10 bits per heavy atom. The molecule has 3 rings (SSSR count). The van der Waals surface area contributed by atoms with Crippen LogP contribution in [0, 0.1) is 0 Å². The van der Waals surface area contributed by atoms with Gasteiger partial charge in [-0.3, -0.25) is 4.98 Å². The van der Waals surface area contributed by atoms with Crippen LogP contribution in [-0.4, -0.2) is 11.2 Å². The number of anilines is 2. The fourth-order valence-corrected chi connectivity index (χ4v) is 2.71. The highest BCUT2D eigenvalue weighted by Gasteiger charge is 2.04. The largest absolute Gasteiger partial charge is 0.355 e. The van der Waals surface area contributed by atoms with Crippen molar-refractivity contribution in [1.82, 2.24) is 4.98 Å². The van der Waals surface area contributed by atoms with Crippen molar-refractivity contribution < 1.29 is 0 Å². The quantitative estimate of drug-likeness (QED) is 0.660. The summed E-state index contributed by atoms with van der Waals surface area (Å²) in [4.78, 5) is 5.62. The van der Waals surface area contributed by atoms with Crippen LogP contribution in [0.4, 0.5) is 11.4 Å². The molecule has 1 aromatic heterocycles. The van der Waals surface area contributed by atoms with Crippen molar-refractivity contribution in [2.75, 3.05) is 11.6 Å². The van der Waals surface area contributed by atoms with Crippen molar-refractivity contribution in [3.05, 3.63) is 59.8 Å². The van der Waals surface area contributed by atoms with Gasteiger partial charge in [0.15, 0.2) is 0 Å². The molecular weight excluding hydrogens is 288 g/mol. The Labute approximate surface area is 127 Å². The van der Waals surface area contributed by atoms with Gasteiger partial charge < -0.3 is 5.32 Å². The van der Waals surface area contributed by atoms with Crippen LogP contribution in [-0.2, 0) is 0 Å². The van der Waals surface area contributed by atoms with Crippen LogP contribution < -0.4 is 5.32 Å². The number of hydrogen-bond acceptors (Lipinski definition) is 3. The van der Waals surface area contributed by atoms with E-state index in [1.807, 2.05) is 42.6 Å². The zero-order valence-electron chi connectivity index (χ0n) is 10.9. The van der Waals surface area contributed by atoms with Crippen LogP contribution in [0.1, 0.15) is 0 Å². The minimum atomic E-state index is 0.721. The number of halogens is 1. The third-order valence-corrected chi connectivity index (χ3v) is 4.01. The lowest BCUT2D eigenvalue weighted by Crippen LogP contribution is -1.92. The maximum absolute atomic E-state index is 6.02. The van der Waals surface area contributed by atoms with Gasteiger partial charge in [0.05, 0.1) is 5.52 Å². The number of hydrogen-bond donors (Lipinski definition) is 1. The molecule has 3 aromatic rings. The lowest BCUT2D eigenvalue weighted by Gasteiger charge is -2.10. The Hall–Kier alpha value is -1.71. The predicted molar refractivity (Wildman–Crippen MR) is 88.3 cm³/mol. The highest BCUT2D eigenvalue weighted by molar-refractivity contribution is 7.98. The van der Waals surface area contributed by atoms with E-state index in [9.17, 15) is 0 Å². The molecule has 0 spiro atoms. The Kier molecular flexibility index (Phi) is 3.81. The second kappa shape index (κ2) is 5.73. The highest BCUT2D eigenvalue weighted by Crippen LogP contribution is 2.29. The molecule has 0 saturated heterocycles. The molecule has 0 fully saturated rings. The van der Waals surface area contributed by atoms with Gasteiger partial charge in [-0.15, -0.1) is 11.8 Å². The number of pyridine rings is 1. The molecule has 1 heterocycles.